The molecule has 0 aromatic carbocycles. The maximum atomic E-state index is 5.15. The van der Waals surface area contributed by atoms with Gasteiger partial charge in [0.1, 0.15) is 5.76 Å². The maximum absolute atomic E-state index is 5.15. The first kappa shape index (κ1) is 5.53. The molecular formula is C7H7NO2. The molecule has 0 saturated heterocycles. The zero-order chi connectivity index (χ0) is 6.81. The highest BCUT2D eigenvalue weighted by molar-refractivity contribution is 5.62. The molecule has 0 atom stereocenters. The summed E-state index contributed by atoms with van der Waals surface area (Å²) in [5, 5.41) is 0. The number of ether oxygens (including phenoxy) is 2. The number of aliphatic imine (C=N–C) groups is 1. The van der Waals surface area contributed by atoms with Gasteiger partial charge in [-0.2, -0.15) is 0 Å². The molecule has 0 amide bonds. The van der Waals surface area contributed by atoms with Crippen LogP contribution in [0.1, 0.15) is 6.42 Å². The number of hydrogen-bond donors (Lipinski definition) is 0. The molecule has 0 aliphatic carbocycles. The Kier molecular flexibility index (Phi) is 1.20. The zero-order valence-electron chi connectivity index (χ0n) is 5.41. The van der Waals surface area contributed by atoms with E-state index in [4.69, 9.17) is 9.47 Å². The topological polar surface area (TPSA) is 30.8 Å². The van der Waals surface area contributed by atoms with Crippen molar-refractivity contribution in [1.82, 2.24) is 0 Å². The maximum Gasteiger partial charge on any atom is 0.230 e. The second-order valence-electron chi connectivity index (χ2n) is 2.05. The summed E-state index contributed by atoms with van der Waals surface area (Å²) >= 11 is 0. The molecule has 0 spiro atoms. The van der Waals surface area contributed by atoms with E-state index in [0.29, 0.717) is 6.79 Å². The molecule has 0 saturated carbocycles. The summed E-state index contributed by atoms with van der Waals surface area (Å²) in [5.74, 6) is 1.70. The van der Waals surface area contributed by atoms with Crippen LogP contribution in [0.2, 0.25) is 0 Å². The summed E-state index contributed by atoms with van der Waals surface area (Å²) in [6, 6.07) is 0. The summed E-state index contributed by atoms with van der Waals surface area (Å²) < 4.78 is 10.3. The van der Waals surface area contributed by atoms with Crippen molar-refractivity contribution >= 4 is 6.21 Å². The number of rotatable bonds is 0. The highest BCUT2D eigenvalue weighted by Gasteiger charge is 2.14. The van der Waals surface area contributed by atoms with Crippen LogP contribution in [0.25, 0.3) is 0 Å². The lowest BCUT2D eigenvalue weighted by atomic mass is 10.3. The summed E-state index contributed by atoms with van der Waals surface area (Å²) in [6.45, 7) is 0.350. The first-order chi connectivity index (χ1) is 4.97. The number of hydrogen-bond acceptors (Lipinski definition) is 3. The molecule has 2 aliphatic heterocycles. The van der Waals surface area contributed by atoms with Crippen molar-refractivity contribution in [3.05, 3.63) is 23.8 Å². The number of allylic oxidation sites excluding steroid dienone is 2. The highest BCUT2D eigenvalue weighted by atomic mass is 16.7. The fourth-order valence-corrected chi connectivity index (χ4v) is 0.923. The van der Waals surface area contributed by atoms with E-state index in [-0.39, 0.29) is 0 Å². The van der Waals surface area contributed by atoms with Crippen molar-refractivity contribution in [2.45, 2.75) is 6.42 Å². The van der Waals surface area contributed by atoms with Gasteiger partial charge in [-0.25, -0.2) is 0 Å². The summed E-state index contributed by atoms with van der Waals surface area (Å²) in [4.78, 5) is 3.95. The summed E-state index contributed by atoms with van der Waals surface area (Å²) in [7, 11) is 0. The predicted octanol–water partition coefficient (Wildman–Crippen LogP) is 1.19. The van der Waals surface area contributed by atoms with Crippen LogP contribution < -0.4 is 0 Å². The van der Waals surface area contributed by atoms with Crippen LogP contribution >= 0.6 is 0 Å². The van der Waals surface area contributed by atoms with E-state index in [0.717, 1.165) is 17.9 Å². The van der Waals surface area contributed by atoms with Crippen LogP contribution in [0.3, 0.4) is 0 Å². The minimum Gasteiger partial charge on any atom is -0.458 e. The standard InChI is InChI=1S/C7H7NO2/c1-3-8-4-2-7-6(1)9-5-10-7/h1,3-4H,2,5H2. The molecule has 2 aliphatic rings. The molecule has 3 heteroatoms. The minimum atomic E-state index is 0.350. The van der Waals surface area contributed by atoms with Crippen LogP contribution in [0.5, 0.6) is 0 Å². The third-order valence-electron chi connectivity index (χ3n) is 1.42. The van der Waals surface area contributed by atoms with Crippen molar-refractivity contribution < 1.29 is 9.47 Å². The molecule has 10 heavy (non-hydrogen) atoms. The largest absolute Gasteiger partial charge is 0.458 e. The van der Waals surface area contributed by atoms with Crippen molar-refractivity contribution in [2.24, 2.45) is 4.99 Å². The van der Waals surface area contributed by atoms with Crippen LogP contribution in [-0.2, 0) is 9.47 Å². The van der Waals surface area contributed by atoms with E-state index in [1.54, 1.807) is 12.4 Å². The Morgan fingerprint density at radius 1 is 1.40 bits per heavy atom. The summed E-state index contributed by atoms with van der Waals surface area (Å²) in [5.41, 5.74) is 0. The Morgan fingerprint density at radius 2 is 2.40 bits per heavy atom. The fraction of sp³-hybridized carbons (Fsp3) is 0.286. The van der Waals surface area contributed by atoms with E-state index < -0.39 is 0 Å². The van der Waals surface area contributed by atoms with Gasteiger partial charge in [-0.1, -0.05) is 0 Å². The van der Waals surface area contributed by atoms with E-state index >= 15 is 0 Å². The number of nitrogens with zero attached hydrogens (tertiary/aromatic N) is 1. The minimum absolute atomic E-state index is 0.350. The Hall–Kier alpha value is -1.25. The lowest BCUT2D eigenvalue weighted by Gasteiger charge is -1.92. The molecule has 3 nitrogen and oxygen atoms in total. The van der Waals surface area contributed by atoms with Gasteiger partial charge in [-0.15, -0.1) is 0 Å². The Bertz CT molecular complexity index is 228. The smallest absolute Gasteiger partial charge is 0.230 e. The fourth-order valence-electron chi connectivity index (χ4n) is 0.923. The van der Waals surface area contributed by atoms with Crippen LogP contribution in [0, 0.1) is 0 Å². The second-order valence-corrected chi connectivity index (χ2v) is 2.05. The van der Waals surface area contributed by atoms with Gasteiger partial charge in [0.2, 0.25) is 6.79 Å². The first-order valence-corrected chi connectivity index (χ1v) is 3.14. The van der Waals surface area contributed by atoms with Gasteiger partial charge in [0, 0.05) is 24.9 Å². The van der Waals surface area contributed by atoms with Gasteiger partial charge in [-0.05, 0) is 0 Å². The summed E-state index contributed by atoms with van der Waals surface area (Å²) in [6.07, 6.45) is 6.05. The third-order valence-corrected chi connectivity index (χ3v) is 1.42. The Balaban J connectivity index is 2.30. The molecule has 0 bridgehead atoms. The second kappa shape index (κ2) is 2.17. The molecule has 0 aromatic rings. The molecule has 52 valence electrons. The van der Waals surface area contributed by atoms with E-state index in [1.165, 1.54) is 0 Å². The molecule has 0 N–H and O–H groups in total. The lowest BCUT2D eigenvalue weighted by molar-refractivity contribution is 0.0738. The molecule has 0 fully saturated rings. The molecule has 0 aromatic heterocycles. The predicted molar refractivity (Wildman–Crippen MR) is 36.3 cm³/mol. The lowest BCUT2D eigenvalue weighted by Crippen LogP contribution is -1.85. The van der Waals surface area contributed by atoms with E-state index in [9.17, 15) is 0 Å². The SMILES string of the molecule is C1=CC2=C(CC=N1)OCO2. The van der Waals surface area contributed by atoms with Gasteiger partial charge < -0.3 is 9.47 Å². The normalized spacial score (nSPS) is 21.6. The molecular weight excluding hydrogens is 130 g/mol. The van der Waals surface area contributed by atoms with E-state index in [1.807, 2.05) is 6.08 Å². The Labute approximate surface area is 58.7 Å². The van der Waals surface area contributed by atoms with Gasteiger partial charge in [0.05, 0.1) is 0 Å². The monoisotopic (exact) mass is 137 g/mol. The first-order valence-electron chi connectivity index (χ1n) is 3.14. The highest BCUT2D eigenvalue weighted by Crippen LogP contribution is 2.20. The van der Waals surface area contributed by atoms with Crippen molar-refractivity contribution in [3.8, 4) is 0 Å². The van der Waals surface area contributed by atoms with Crippen LogP contribution in [0.15, 0.2) is 28.8 Å². The molecule has 0 unspecified atom stereocenters. The van der Waals surface area contributed by atoms with E-state index in [2.05, 4.69) is 4.99 Å². The quantitative estimate of drug-likeness (QED) is 0.502. The van der Waals surface area contributed by atoms with Crippen molar-refractivity contribution in [1.29, 1.82) is 0 Å². The van der Waals surface area contributed by atoms with Gasteiger partial charge in [-0.3, -0.25) is 4.99 Å². The Morgan fingerprint density at radius 3 is 3.40 bits per heavy atom. The van der Waals surface area contributed by atoms with Crippen LogP contribution in [-0.4, -0.2) is 13.0 Å². The van der Waals surface area contributed by atoms with Gasteiger partial charge in [0.25, 0.3) is 0 Å². The zero-order valence-corrected chi connectivity index (χ0v) is 5.41. The van der Waals surface area contributed by atoms with Crippen LogP contribution in [0.4, 0.5) is 0 Å². The van der Waals surface area contributed by atoms with Gasteiger partial charge in [0.15, 0.2) is 5.76 Å². The molecule has 2 heterocycles. The van der Waals surface area contributed by atoms with Crippen molar-refractivity contribution in [2.75, 3.05) is 6.79 Å². The van der Waals surface area contributed by atoms with Crippen molar-refractivity contribution in [3.63, 3.8) is 0 Å². The molecule has 2 rings (SSSR count). The molecule has 0 radical (unpaired) electrons. The third kappa shape index (κ3) is 0.795. The van der Waals surface area contributed by atoms with Gasteiger partial charge >= 0.3 is 0 Å². The average molecular weight is 137 g/mol. The average Bonchev–Trinajstić information content (AvgIpc) is 2.28.